The predicted octanol–water partition coefficient (Wildman–Crippen LogP) is 0.576. The van der Waals surface area contributed by atoms with Gasteiger partial charge in [-0.3, -0.25) is 0 Å². The number of hydrogen-bond acceptors (Lipinski definition) is 0. The minimum Gasteiger partial charge on any atom is -0.137 e. The van der Waals surface area contributed by atoms with E-state index >= 15 is 0 Å². The van der Waals surface area contributed by atoms with Crippen molar-refractivity contribution in [2.75, 3.05) is 0 Å². The summed E-state index contributed by atoms with van der Waals surface area (Å²) in [6.45, 7) is 6.25. The van der Waals surface area contributed by atoms with Crippen LogP contribution in [0.2, 0.25) is 0 Å². The van der Waals surface area contributed by atoms with Gasteiger partial charge in [0.1, 0.15) is 0 Å². The van der Waals surface area contributed by atoms with E-state index in [0.717, 1.165) is 0 Å². The van der Waals surface area contributed by atoms with Crippen molar-refractivity contribution in [3.8, 4) is 0 Å². The maximum atomic E-state index is 3.12. The monoisotopic (exact) mass is 68.0 g/mol. The van der Waals surface area contributed by atoms with Crippen LogP contribution in [0.4, 0.5) is 0 Å². The molecule has 0 fully saturated rings. The van der Waals surface area contributed by atoms with Crippen molar-refractivity contribution in [1.82, 2.24) is 0 Å². The predicted molar refractivity (Wildman–Crippen MR) is 20.5 cm³/mol. The molecule has 0 spiro atoms. The lowest BCUT2D eigenvalue weighted by Crippen LogP contribution is -0.844. The lowest BCUT2D eigenvalue weighted by Gasteiger charge is -1.10. The van der Waals surface area contributed by atoms with Gasteiger partial charge in [-0.1, -0.05) is 13.2 Å². The van der Waals surface area contributed by atoms with Crippen LogP contribution < -0.4 is 0 Å². The summed E-state index contributed by atoms with van der Waals surface area (Å²) in [5.41, 5.74) is 2.25. The van der Waals surface area contributed by atoms with E-state index < -0.39 is 0 Å². The van der Waals surface area contributed by atoms with E-state index in [-0.39, 0.29) is 11.0 Å². The molecule has 4 heavy (non-hydrogen) atoms. The van der Waals surface area contributed by atoms with E-state index in [9.17, 15) is 0 Å². The molecule has 0 nitrogen and oxygen atoms in total. The molecule has 0 N–H and O–H groups in total. The van der Waals surface area contributed by atoms with Crippen LogP contribution in [0.15, 0.2) is 18.9 Å². The highest BCUT2D eigenvalue weighted by atomic mass is 28.1. The number of rotatable bonds is 0. The zero-order chi connectivity index (χ0) is 2.71. The van der Waals surface area contributed by atoms with Crippen molar-refractivity contribution in [3.63, 3.8) is 0 Å². The van der Waals surface area contributed by atoms with Crippen molar-refractivity contribution in [3.05, 3.63) is 18.9 Å². The summed E-state index contributed by atoms with van der Waals surface area (Å²) < 4.78 is 0. The Morgan fingerprint density at radius 2 is 1.25 bits per heavy atom. The van der Waals surface area contributed by atoms with Gasteiger partial charge in [-0.15, -0.1) is 5.73 Å². The summed E-state index contributed by atoms with van der Waals surface area (Å²) in [6, 6.07) is 0. The van der Waals surface area contributed by atoms with Crippen molar-refractivity contribution in [2.24, 2.45) is 0 Å². The minimum absolute atomic E-state index is 0. The molecule has 0 heterocycles. The van der Waals surface area contributed by atoms with E-state index in [0.29, 0.717) is 0 Å². The third-order valence-electron chi connectivity index (χ3n) is 0. The van der Waals surface area contributed by atoms with E-state index in [1.54, 1.807) is 0 Å². The molecule has 0 aliphatic rings. The molecule has 0 bridgehead atoms. The third-order valence-corrected chi connectivity index (χ3v) is 0. The van der Waals surface area contributed by atoms with Crippen LogP contribution >= 0.6 is 0 Å². The molecule has 0 aromatic carbocycles. The van der Waals surface area contributed by atoms with Gasteiger partial charge in [0, 0.05) is 11.0 Å². The molecule has 20 valence electrons. The molecule has 4 radical (unpaired) electrons. The Labute approximate surface area is 30.9 Å². The van der Waals surface area contributed by atoms with Crippen LogP contribution in [0.1, 0.15) is 0 Å². The zero-order valence-electron chi connectivity index (χ0n) is 2.41. The van der Waals surface area contributed by atoms with E-state index in [1.165, 1.54) is 0 Å². The SMILES string of the molecule is C=C=C.[Si]. The van der Waals surface area contributed by atoms with Crippen molar-refractivity contribution >= 4 is 11.0 Å². The maximum Gasteiger partial charge on any atom is 0 e. The van der Waals surface area contributed by atoms with E-state index in [1.807, 2.05) is 0 Å². The summed E-state index contributed by atoms with van der Waals surface area (Å²) in [5, 5.41) is 0. The normalized spacial score (nSPS) is 2.00. The quantitative estimate of drug-likeness (QED) is 0.288. The molecular weight excluding hydrogens is 64.1 g/mol. The second-order valence-corrected chi connectivity index (χ2v) is 0.250. The molecule has 0 aliphatic heterocycles. The molecule has 0 aromatic rings. The minimum atomic E-state index is 0. The van der Waals surface area contributed by atoms with Gasteiger partial charge in [-0.2, -0.15) is 0 Å². The van der Waals surface area contributed by atoms with Gasteiger partial charge in [0.2, 0.25) is 0 Å². The first kappa shape index (κ1) is 9.28. The Morgan fingerprint density at radius 3 is 1.25 bits per heavy atom. The van der Waals surface area contributed by atoms with Gasteiger partial charge in [0.25, 0.3) is 0 Å². The molecule has 0 aromatic heterocycles. The second kappa shape index (κ2) is 15.2. The zero-order valence-corrected chi connectivity index (χ0v) is 3.41. The Balaban J connectivity index is 0. The average Bonchev–Trinajstić information content (AvgIpc) is 0.918. The molecule has 1 heteroatoms. The van der Waals surface area contributed by atoms with Gasteiger partial charge in [0.05, 0.1) is 0 Å². The standard InChI is InChI=1S/C3H4.Si/c1-3-2;/h1-2H2;. The van der Waals surface area contributed by atoms with Gasteiger partial charge in [-0.25, -0.2) is 0 Å². The summed E-state index contributed by atoms with van der Waals surface area (Å²) >= 11 is 0. The fourth-order valence-corrected chi connectivity index (χ4v) is 0. The Bertz CT molecular complexity index is 24.3. The largest absolute Gasteiger partial charge is 0.137 e. The van der Waals surface area contributed by atoms with Crippen molar-refractivity contribution < 1.29 is 0 Å². The van der Waals surface area contributed by atoms with Crippen LogP contribution in [-0.4, -0.2) is 11.0 Å². The Morgan fingerprint density at radius 1 is 1.25 bits per heavy atom. The summed E-state index contributed by atoms with van der Waals surface area (Å²) in [7, 11) is 0. The van der Waals surface area contributed by atoms with Gasteiger partial charge in [0.15, 0.2) is 0 Å². The molecule has 0 saturated heterocycles. The summed E-state index contributed by atoms with van der Waals surface area (Å²) in [4.78, 5) is 0. The highest BCUT2D eigenvalue weighted by Crippen LogP contribution is 1.16. The fraction of sp³-hybridized carbons (Fsp3) is 0. The van der Waals surface area contributed by atoms with Gasteiger partial charge >= 0.3 is 0 Å². The fourth-order valence-electron chi connectivity index (χ4n) is 0. The van der Waals surface area contributed by atoms with Crippen LogP contribution in [0, 0.1) is 0 Å². The lowest BCUT2D eigenvalue weighted by molar-refractivity contribution is 2.51. The Hall–Kier alpha value is -0.263. The van der Waals surface area contributed by atoms with Crippen LogP contribution in [-0.2, 0) is 0 Å². The van der Waals surface area contributed by atoms with Crippen molar-refractivity contribution in [1.29, 1.82) is 0 Å². The molecule has 0 unspecified atom stereocenters. The molecule has 0 aliphatic carbocycles. The van der Waals surface area contributed by atoms with Crippen molar-refractivity contribution in [2.45, 2.75) is 0 Å². The summed E-state index contributed by atoms with van der Waals surface area (Å²) in [5.74, 6) is 0. The molecule has 0 atom stereocenters. The highest BCUT2D eigenvalue weighted by Gasteiger charge is 0.904. The highest BCUT2D eigenvalue weighted by molar-refractivity contribution is 5.75. The molecule has 0 saturated carbocycles. The topological polar surface area (TPSA) is 0 Å². The smallest absolute Gasteiger partial charge is 0 e. The Kier molecular flexibility index (Phi) is 35.3. The van der Waals surface area contributed by atoms with E-state index in [2.05, 4.69) is 18.9 Å². The molecule has 0 rings (SSSR count). The van der Waals surface area contributed by atoms with Gasteiger partial charge < -0.3 is 0 Å². The summed E-state index contributed by atoms with van der Waals surface area (Å²) in [6.07, 6.45) is 0. The van der Waals surface area contributed by atoms with Gasteiger partial charge in [-0.05, 0) is 0 Å². The van der Waals surface area contributed by atoms with Crippen LogP contribution in [0.5, 0.6) is 0 Å². The number of hydrogen-bond donors (Lipinski definition) is 0. The lowest BCUT2D eigenvalue weighted by atomic mass is 11.0. The average molecular weight is 68.2 g/mol. The second-order valence-electron chi connectivity index (χ2n) is 0.250. The molecule has 0 amide bonds. The van der Waals surface area contributed by atoms with E-state index in [4.69, 9.17) is 0 Å². The first-order valence-corrected chi connectivity index (χ1v) is 0.707. The molecular formula is C3H4Si. The van der Waals surface area contributed by atoms with Crippen LogP contribution in [0.3, 0.4) is 0 Å². The van der Waals surface area contributed by atoms with Crippen LogP contribution in [0.25, 0.3) is 0 Å². The third kappa shape index (κ3) is 13.6. The first-order chi connectivity index (χ1) is 1.41. The maximum absolute atomic E-state index is 3.12. The first-order valence-electron chi connectivity index (χ1n) is 0.707.